The Bertz CT molecular complexity index is 288. The van der Waals surface area contributed by atoms with E-state index in [1.54, 1.807) is 0 Å². The average molecular weight is 327 g/mol. The first kappa shape index (κ1) is 22.9. The quantitative estimate of drug-likeness (QED) is 0.449. The largest absolute Gasteiger partial charge is 0.310 e. The highest BCUT2D eigenvalue weighted by atomic mass is 15.1. The molecule has 0 aliphatic carbocycles. The van der Waals surface area contributed by atoms with Gasteiger partial charge in [-0.25, -0.2) is 0 Å². The first-order valence-electron chi connectivity index (χ1n) is 10.2. The lowest BCUT2D eigenvalue weighted by Gasteiger charge is -2.39. The second kappa shape index (κ2) is 11.5. The van der Waals surface area contributed by atoms with Gasteiger partial charge in [-0.1, -0.05) is 54.9 Å². The van der Waals surface area contributed by atoms with Crippen molar-refractivity contribution in [3.8, 4) is 0 Å². The predicted molar refractivity (Wildman–Crippen MR) is 106 cm³/mol. The van der Waals surface area contributed by atoms with E-state index in [1.807, 2.05) is 0 Å². The van der Waals surface area contributed by atoms with E-state index in [4.69, 9.17) is 0 Å². The minimum atomic E-state index is 0.268. The third-order valence-electron chi connectivity index (χ3n) is 5.19. The fraction of sp³-hybridized carbons (Fsp3) is 1.00. The van der Waals surface area contributed by atoms with Gasteiger partial charge in [-0.05, 0) is 57.8 Å². The molecule has 4 atom stereocenters. The SMILES string of the molecule is CCCC(C)(CC)NC(CC(C)C)C(C)NC(CC)CC(C)C. The molecule has 0 spiro atoms. The molecular formula is C21H46N2. The second-order valence-corrected chi connectivity index (χ2v) is 8.73. The Hall–Kier alpha value is -0.0800. The maximum absolute atomic E-state index is 4.03. The van der Waals surface area contributed by atoms with E-state index >= 15 is 0 Å². The Labute approximate surface area is 147 Å². The van der Waals surface area contributed by atoms with Gasteiger partial charge in [-0.2, -0.15) is 0 Å². The van der Waals surface area contributed by atoms with Crippen LogP contribution in [0, 0.1) is 11.8 Å². The van der Waals surface area contributed by atoms with Crippen LogP contribution < -0.4 is 10.6 Å². The van der Waals surface area contributed by atoms with Crippen LogP contribution in [0.25, 0.3) is 0 Å². The van der Waals surface area contributed by atoms with Crippen molar-refractivity contribution in [1.29, 1.82) is 0 Å². The van der Waals surface area contributed by atoms with E-state index in [0.717, 1.165) is 11.8 Å². The predicted octanol–water partition coefficient (Wildman–Crippen LogP) is 5.76. The van der Waals surface area contributed by atoms with Crippen molar-refractivity contribution in [3.05, 3.63) is 0 Å². The molecule has 0 aliphatic heterocycles. The summed E-state index contributed by atoms with van der Waals surface area (Å²) in [6, 6.07) is 1.71. The minimum absolute atomic E-state index is 0.268. The lowest BCUT2D eigenvalue weighted by Crippen LogP contribution is -2.57. The molecular weight excluding hydrogens is 280 g/mol. The van der Waals surface area contributed by atoms with Crippen LogP contribution in [0.4, 0.5) is 0 Å². The summed E-state index contributed by atoms with van der Waals surface area (Å²) in [6.45, 7) is 21.1. The minimum Gasteiger partial charge on any atom is -0.310 e. The molecule has 0 heterocycles. The fourth-order valence-electron chi connectivity index (χ4n) is 3.66. The molecule has 0 saturated carbocycles. The number of hydrogen-bond donors (Lipinski definition) is 2. The highest BCUT2D eigenvalue weighted by molar-refractivity contribution is 4.91. The van der Waals surface area contributed by atoms with Crippen molar-refractivity contribution >= 4 is 0 Å². The molecule has 0 aromatic carbocycles. The molecule has 2 nitrogen and oxygen atoms in total. The van der Waals surface area contributed by atoms with Gasteiger partial charge in [0.15, 0.2) is 0 Å². The van der Waals surface area contributed by atoms with Crippen LogP contribution in [-0.4, -0.2) is 23.7 Å². The standard InChI is InChI=1S/C21H46N2/c1-10-13-21(9,12-3)23-20(15-17(6)7)18(8)22-19(11-2)14-16(4)5/h16-20,22-23H,10-15H2,1-9H3. The van der Waals surface area contributed by atoms with Gasteiger partial charge < -0.3 is 10.6 Å². The van der Waals surface area contributed by atoms with E-state index in [0.29, 0.717) is 18.1 Å². The van der Waals surface area contributed by atoms with Crippen molar-refractivity contribution in [2.24, 2.45) is 11.8 Å². The molecule has 2 N–H and O–H groups in total. The Balaban J connectivity index is 4.92. The normalized spacial score (nSPS) is 18.9. The van der Waals surface area contributed by atoms with Crippen LogP contribution in [0.5, 0.6) is 0 Å². The van der Waals surface area contributed by atoms with Crippen molar-refractivity contribution in [2.45, 2.75) is 125 Å². The number of hydrogen-bond acceptors (Lipinski definition) is 2. The number of rotatable bonds is 13. The summed E-state index contributed by atoms with van der Waals surface area (Å²) in [4.78, 5) is 0. The highest BCUT2D eigenvalue weighted by Crippen LogP contribution is 2.21. The van der Waals surface area contributed by atoms with Crippen LogP contribution >= 0.6 is 0 Å². The Kier molecular flexibility index (Phi) is 11.4. The van der Waals surface area contributed by atoms with Crippen LogP contribution in [0.15, 0.2) is 0 Å². The second-order valence-electron chi connectivity index (χ2n) is 8.73. The van der Waals surface area contributed by atoms with Crippen LogP contribution in [-0.2, 0) is 0 Å². The monoisotopic (exact) mass is 326 g/mol. The van der Waals surface area contributed by atoms with Gasteiger partial charge in [0.05, 0.1) is 0 Å². The molecule has 4 unspecified atom stereocenters. The molecule has 0 fully saturated rings. The van der Waals surface area contributed by atoms with E-state index < -0.39 is 0 Å². The summed E-state index contributed by atoms with van der Waals surface area (Å²) in [5.74, 6) is 1.49. The lowest BCUT2D eigenvalue weighted by atomic mass is 9.88. The van der Waals surface area contributed by atoms with Crippen LogP contribution in [0.2, 0.25) is 0 Å². The van der Waals surface area contributed by atoms with E-state index in [-0.39, 0.29) is 5.54 Å². The summed E-state index contributed by atoms with van der Waals surface area (Å²) >= 11 is 0. The smallest absolute Gasteiger partial charge is 0.0226 e. The molecule has 0 amide bonds. The van der Waals surface area contributed by atoms with Crippen molar-refractivity contribution in [3.63, 3.8) is 0 Å². The van der Waals surface area contributed by atoms with Crippen molar-refractivity contribution in [1.82, 2.24) is 10.6 Å². The molecule has 0 aliphatic rings. The van der Waals surface area contributed by atoms with Gasteiger partial charge in [0.25, 0.3) is 0 Å². The molecule has 0 aromatic rings. The van der Waals surface area contributed by atoms with Gasteiger partial charge >= 0.3 is 0 Å². The lowest BCUT2D eigenvalue weighted by molar-refractivity contribution is 0.214. The summed E-state index contributed by atoms with van der Waals surface area (Å²) in [5.41, 5.74) is 0.268. The Morgan fingerprint density at radius 2 is 1.43 bits per heavy atom. The molecule has 0 rings (SSSR count). The first-order chi connectivity index (χ1) is 10.7. The molecule has 0 bridgehead atoms. The Morgan fingerprint density at radius 3 is 1.83 bits per heavy atom. The van der Waals surface area contributed by atoms with E-state index in [9.17, 15) is 0 Å². The first-order valence-corrected chi connectivity index (χ1v) is 10.2. The van der Waals surface area contributed by atoms with Gasteiger partial charge in [0.1, 0.15) is 0 Å². The van der Waals surface area contributed by atoms with Gasteiger partial charge in [0, 0.05) is 23.7 Å². The molecule has 2 heteroatoms. The summed E-state index contributed by atoms with van der Waals surface area (Å²) in [7, 11) is 0. The Morgan fingerprint density at radius 1 is 0.870 bits per heavy atom. The highest BCUT2D eigenvalue weighted by Gasteiger charge is 2.29. The van der Waals surface area contributed by atoms with Crippen molar-refractivity contribution in [2.75, 3.05) is 0 Å². The zero-order valence-electron chi connectivity index (χ0n) is 17.6. The van der Waals surface area contributed by atoms with Crippen LogP contribution in [0.1, 0.15) is 101 Å². The summed E-state index contributed by atoms with van der Waals surface area (Å²) in [5, 5.41) is 7.96. The number of nitrogens with one attached hydrogen (secondary N) is 2. The van der Waals surface area contributed by atoms with Gasteiger partial charge in [-0.15, -0.1) is 0 Å². The third kappa shape index (κ3) is 9.72. The summed E-state index contributed by atoms with van der Waals surface area (Å²) < 4.78 is 0. The molecule has 23 heavy (non-hydrogen) atoms. The molecule has 0 radical (unpaired) electrons. The molecule has 0 saturated heterocycles. The maximum atomic E-state index is 4.03. The van der Waals surface area contributed by atoms with Gasteiger partial charge in [0.2, 0.25) is 0 Å². The fourth-order valence-corrected chi connectivity index (χ4v) is 3.66. The maximum Gasteiger partial charge on any atom is 0.0226 e. The van der Waals surface area contributed by atoms with E-state index in [1.165, 1.54) is 38.5 Å². The third-order valence-corrected chi connectivity index (χ3v) is 5.19. The topological polar surface area (TPSA) is 24.1 Å². The van der Waals surface area contributed by atoms with Crippen molar-refractivity contribution < 1.29 is 0 Å². The summed E-state index contributed by atoms with van der Waals surface area (Å²) in [6.07, 6.45) is 7.44. The molecule has 140 valence electrons. The zero-order valence-corrected chi connectivity index (χ0v) is 17.6. The molecule has 0 aromatic heterocycles. The van der Waals surface area contributed by atoms with Gasteiger partial charge in [-0.3, -0.25) is 0 Å². The van der Waals surface area contributed by atoms with Crippen LogP contribution in [0.3, 0.4) is 0 Å². The zero-order chi connectivity index (χ0) is 18.0. The van der Waals surface area contributed by atoms with E-state index in [2.05, 4.69) is 72.9 Å². The average Bonchev–Trinajstić information content (AvgIpc) is 2.45.